The second-order valence-electron chi connectivity index (χ2n) is 6.88. The van der Waals surface area contributed by atoms with Crippen LogP contribution in [0.15, 0.2) is 36.2 Å². The van der Waals surface area contributed by atoms with Gasteiger partial charge in [-0.05, 0) is 37.8 Å². The number of carbonyl (C=O) groups is 2. The SMILES string of the molecule is CNC(=O)c1ccc(-c2c[nH]c(/C(N[C@H](C)C3CC3)=C(\C=N)C(N)=O)c2)cn1. The molecule has 2 amide bonds. The lowest BCUT2D eigenvalue weighted by Crippen LogP contribution is -2.30. The molecule has 146 valence electrons. The van der Waals surface area contributed by atoms with Crippen LogP contribution in [0.1, 0.15) is 35.9 Å². The number of nitrogens with two attached hydrogens (primary N) is 1. The van der Waals surface area contributed by atoms with Gasteiger partial charge in [-0.25, -0.2) is 0 Å². The van der Waals surface area contributed by atoms with E-state index in [9.17, 15) is 9.59 Å². The maximum atomic E-state index is 11.8. The van der Waals surface area contributed by atoms with E-state index in [1.54, 1.807) is 31.6 Å². The zero-order valence-electron chi connectivity index (χ0n) is 15.9. The van der Waals surface area contributed by atoms with E-state index in [1.807, 2.05) is 6.07 Å². The van der Waals surface area contributed by atoms with Crippen molar-refractivity contribution in [2.24, 2.45) is 11.7 Å². The van der Waals surface area contributed by atoms with Crippen molar-refractivity contribution in [3.05, 3.63) is 47.6 Å². The summed E-state index contributed by atoms with van der Waals surface area (Å²) in [5, 5.41) is 13.5. The van der Waals surface area contributed by atoms with Gasteiger partial charge in [0.15, 0.2) is 0 Å². The van der Waals surface area contributed by atoms with Gasteiger partial charge in [-0.2, -0.15) is 0 Å². The highest BCUT2D eigenvalue weighted by Crippen LogP contribution is 2.34. The average Bonchev–Trinajstić information content (AvgIpc) is 3.44. The second-order valence-corrected chi connectivity index (χ2v) is 6.88. The minimum absolute atomic E-state index is 0.119. The number of aromatic nitrogens is 2. The van der Waals surface area contributed by atoms with E-state index in [4.69, 9.17) is 11.1 Å². The Morgan fingerprint density at radius 2 is 2.11 bits per heavy atom. The van der Waals surface area contributed by atoms with Crippen LogP contribution >= 0.6 is 0 Å². The minimum Gasteiger partial charge on any atom is -0.380 e. The molecule has 6 N–H and O–H groups in total. The summed E-state index contributed by atoms with van der Waals surface area (Å²) in [6.45, 7) is 2.06. The van der Waals surface area contributed by atoms with E-state index in [2.05, 4.69) is 27.5 Å². The Balaban J connectivity index is 1.92. The molecule has 1 saturated carbocycles. The van der Waals surface area contributed by atoms with E-state index in [-0.39, 0.29) is 17.5 Å². The van der Waals surface area contributed by atoms with E-state index in [0.29, 0.717) is 23.0 Å². The number of nitrogens with one attached hydrogen (secondary N) is 4. The van der Waals surface area contributed by atoms with Crippen LogP contribution in [0.2, 0.25) is 0 Å². The lowest BCUT2D eigenvalue weighted by atomic mass is 10.1. The highest BCUT2D eigenvalue weighted by atomic mass is 16.2. The number of nitrogens with zero attached hydrogens (tertiary/aromatic N) is 1. The summed E-state index contributed by atoms with van der Waals surface area (Å²) in [7, 11) is 1.56. The van der Waals surface area contributed by atoms with E-state index in [1.165, 1.54) is 0 Å². The quantitative estimate of drug-likeness (QED) is 0.351. The monoisotopic (exact) mass is 380 g/mol. The summed E-state index contributed by atoms with van der Waals surface area (Å²) >= 11 is 0. The third-order valence-corrected chi connectivity index (χ3v) is 4.89. The number of aromatic amines is 1. The lowest BCUT2D eigenvalue weighted by molar-refractivity contribution is -0.114. The van der Waals surface area contributed by atoms with Crippen LogP contribution in [0.25, 0.3) is 16.8 Å². The van der Waals surface area contributed by atoms with Gasteiger partial charge in [0.25, 0.3) is 11.8 Å². The van der Waals surface area contributed by atoms with Crippen LogP contribution in [0, 0.1) is 11.3 Å². The molecule has 28 heavy (non-hydrogen) atoms. The normalized spacial score (nSPS) is 15.4. The predicted octanol–water partition coefficient (Wildman–Crippen LogP) is 1.67. The molecule has 0 saturated heterocycles. The van der Waals surface area contributed by atoms with Crippen LogP contribution in [-0.2, 0) is 4.79 Å². The molecule has 8 heteroatoms. The van der Waals surface area contributed by atoms with Crippen LogP contribution in [-0.4, -0.2) is 41.1 Å². The molecular weight excluding hydrogens is 356 g/mol. The van der Waals surface area contributed by atoms with Crippen molar-refractivity contribution in [3.63, 3.8) is 0 Å². The highest BCUT2D eigenvalue weighted by molar-refractivity contribution is 6.16. The zero-order chi connectivity index (χ0) is 20.3. The Kier molecular flexibility index (Phi) is 5.58. The van der Waals surface area contributed by atoms with Gasteiger partial charge in [0.1, 0.15) is 5.69 Å². The topological polar surface area (TPSA) is 137 Å². The van der Waals surface area contributed by atoms with Crippen molar-refractivity contribution in [2.45, 2.75) is 25.8 Å². The molecule has 0 aliphatic heterocycles. The van der Waals surface area contributed by atoms with E-state index >= 15 is 0 Å². The van der Waals surface area contributed by atoms with Gasteiger partial charge in [-0.15, -0.1) is 0 Å². The first-order chi connectivity index (χ1) is 13.4. The summed E-state index contributed by atoms with van der Waals surface area (Å²) < 4.78 is 0. The number of amides is 2. The van der Waals surface area contributed by atoms with Gasteiger partial charge in [0, 0.05) is 42.8 Å². The first-order valence-electron chi connectivity index (χ1n) is 9.13. The molecule has 0 spiro atoms. The standard InChI is InChI=1S/C20H24N6O2/c1-11(12-3-4-12)26-18(15(8-21)19(22)27)17-7-14(10-25-17)13-5-6-16(24-9-13)20(28)23-2/h5-12,21,25-26H,3-4H2,1-2H3,(H2,22,27)(H,23,28)/b18-15-,21-8?/t11-/m1/s1. The predicted molar refractivity (Wildman–Crippen MR) is 108 cm³/mol. The molecule has 2 aromatic rings. The summed E-state index contributed by atoms with van der Waals surface area (Å²) in [5.41, 5.74) is 8.78. The summed E-state index contributed by atoms with van der Waals surface area (Å²) in [6, 6.07) is 5.49. The fraction of sp³-hybridized carbons (Fsp3) is 0.300. The third kappa shape index (κ3) is 4.11. The van der Waals surface area contributed by atoms with Gasteiger partial charge in [0.05, 0.1) is 17.0 Å². The molecule has 0 unspecified atom stereocenters. The van der Waals surface area contributed by atoms with E-state index in [0.717, 1.165) is 30.2 Å². The number of hydrogen-bond donors (Lipinski definition) is 5. The minimum atomic E-state index is -0.659. The van der Waals surface area contributed by atoms with Crippen molar-refractivity contribution in [3.8, 4) is 11.1 Å². The van der Waals surface area contributed by atoms with Crippen molar-refractivity contribution in [2.75, 3.05) is 7.05 Å². The first-order valence-corrected chi connectivity index (χ1v) is 9.13. The molecule has 1 atom stereocenters. The number of carbonyl (C=O) groups excluding carboxylic acids is 2. The smallest absolute Gasteiger partial charge is 0.269 e. The molecule has 8 nitrogen and oxygen atoms in total. The number of primary amides is 1. The molecule has 0 radical (unpaired) electrons. The number of pyridine rings is 1. The molecule has 0 bridgehead atoms. The van der Waals surface area contributed by atoms with Gasteiger partial charge in [0.2, 0.25) is 0 Å². The molecule has 2 heterocycles. The largest absolute Gasteiger partial charge is 0.380 e. The van der Waals surface area contributed by atoms with Crippen LogP contribution < -0.4 is 16.4 Å². The van der Waals surface area contributed by atoms with Gasteiger partial charge < -0.3 is 26.8 Å². The van der Waals surface area contributed by atoms with Crippen LogP contribution in [0.5, 0.6) is 0 Å². The first kappa shape index (κ1) is 19.3. The van der Waals surface area contributed by atoms with Crippen molar-refractivity contribution in [1.29, 1.82) is 5.41 Å². The van der Waals surface area contributed by atoms with Crippen LogP contribution in [0.4, 0.5) is 0 Å². The van der Waals surface area contributed by atoms with Crippen LogP contribution in [0.3, 0.4) is 0 Å². The molecule has 0 aromatic carbocycles. The van der Waals surface area contributed by atoms with Gasteiger partial charge in [-0.3, -0.25) is 14.6 Å². The molecule has 1 fully saturated rings. The Bertz CT molecular complexity index is 924. The number of H-pyrrole nitrogens is 1. The molecule has 3 rings (SSSR count). The van der Waals surface area contributed by atoms with E-state index < -0.39 is 5.91 Å². The zero-order valence-corrected chi connectivity index (χ0v) is 15.9. The Morgan fingerprint density at radius 1 is 1.36 bits per heavy atom. The fourth-order valence-corrected chi connectivity index (χ4v) is 3.04. The Labute approximate surface area is 163 Å². The maximum Gasteiger partial charge on any atom is 0.269 e. The van der Waals surface area contributed by atoms with Crippen molar-refractivity contribution < 1.29 is 9.59 Å². The maximum absolute atomic E-state index is 11.8. The second kappa shape index (κ2) is 8.08. The molecular formula is C20H24N6O2. The summed E-state index contributed by atoms with van der Waals surface area (Å²) in [5.74, 6) is -0.346. The van der Waals surface area contributed by atoms with Gasteiger partial charge >= 0.3 is 0 Å². The van der Waals surface area contributed by atoms with Crippen molar-refractivity contribution in [1.82, 2.24) is 20.6 Å². The molecule has 2 aromatic heterocycles. The summed E-state index contributed by atoms with van der Waals surface area (Å²) in [4.78, 5) is 30.8. The van der Waals surface area contributed by atoms with Crippen molar-refractivity contribution >= 4 is 23.7 Å². The fourth-order valence-electron chi connectivity index (χ4n) is 3.04. The lowest BCUT2D eigenvalue weighted by Gasteiger charge is -2.18. The Hall–Kier alpha value is -3.42. The summed E-state index contributed by atoms with van der Waals surface area (Å²) in [6.07, 6.45) is 6.68. The highest BCUT2D eigenvalue weighted by Gasteiger charge is 2.29. The Morgan fingerprint density at radius 3 is 2.64 bits per heavy atom. The molecule has 1 aliphatic carbocycles. The van der Waals surface area contributed by atoms with Gasteiger partial charge in [-0.1, -0.05) is 6.07 Å². The third-order valence-electron chi connectivity index (χ3n) is 4.89. The molecule has 1 aliphatic rings. The average molecular weight is 380 g/mol. The number of rotatable bonds is 8. The number of hydrogen-bond acceptors (Lipinski definition) is 5.